The number of sulfonamides is 1. The average molecular weight is 397 g/mol. The molecule has 1 aromatic carbocycles. The fourth-order valence-corrected chi connectivity index (χ4v) is 4.24. The first-order chi connectivity index (χ1) is 12.8. The molecule has 1 fully saturated rings. The van der Waals surface area contributed by atoms with E-state index in [4.69, 9.17) is 4.74 Å². The van der Waals surface area contributed by atoms with E-state index < -0.39 is 10.0 Å². The Morgan fingerprint density at radius 3 is 2.37 bits per heavy atom. The van der Waals surface area contributed by atoms with Gasteiger partial charge in [-0.15, -0.1) is 0 Å². The molecule has 0 bridgehead atoms. The summed E-state index contributed by atoms with van der Waals surface area (Å²) in [4.78, 5) is 4.92. The Morgan fingerprint density at radius 2 is 1.81 bits per heavy atom. The normalized spacial score (nSPS) is 16.5. The highest BCUT2D eigenvalue weighted by atomic mass is 32.2. The van der Waals surface area contributed by atoms with Gasteiger partial charge in [-0.3, -0.25) is 0 Å². The number of aliphatic imine (C=N–C) groups is 1. The molecule has 0 spiro atoms. The fraction of sp³-hybridized carbons (Fsp3) is 0.632. The zero-order valence-electron chi connectivity index (χ0n) is 16.8. The van der Waals surface area contributed by atoms with Crippen LogP contribution >= 0.6 is 0 Å². The molecule has 7 nitrogen and oxygen atoms in total. The van der Waals surface area contributed by atoms with Gasteiger partial charge in [-0.1, -0.05) is 12.1 Å². The van der Waals surface area contributed by atoms with Crippen LogP contribution in [0, 0.1) is 0 Å². The lowest BCUT2D eigenvalue weighted by atomic mass is 10.1. The highest BCUT2D eigenvalue weighted by Crippen LogP contribution is 2.21. The van der Waals surface area contributed by atoms with Crippen LogP contribution < -0.4 is 10.6 Å². The zero-order valence-corrected chi connectivity index (χ0v) is 17.6. The number of nitrogens with one attached hydrogen (secondary N) is 2. The third-order valence-corrected chi connectivity index (χ3v) is 6.54. The van der Waals surface area contributed by atoms with E-state index in [-0.39, 0.29) is 5.60 Å². The minimum Gasteiger partial charge on any atom is -0.377 e. The Balaban J connectivity index is 2.02. The van der Waals surface area contributed by atoms with E-state index >= 15 is 0 Å². The summed E-state index contributed by atoms with van der Waals surface area (Å²) >= 11 is 0. The first-order valence-corrected chi connectivity index (χ1v) is 10.9. The summed E-state index contributed by atoms with van der Waals surface area (Å²) in [7, 11) is -1.68. The molecular weight excluding hydrogens is 364 g/mol. The van der Waals surface area contributed by atoms with Crippen molar-refractivity contribution in [1.82, 2.24) is 14.9 Å². The van der Waals surface area contributed by atoms with Gasteiger partial charge in [-0.05, 0) is 51.3 Å². The Labute approximate surface area is 163 Å². The van der Waals surface area contributed by atoms with Crippen molar-refractivity contribution in [2.75, 3.05) is 33.3 Å². The molecule has 0 aliphatic carbocycles. The van der Waals surface area contributed by atoms with Gasteiger partial charge in [-0.2, -0.15) is 4.31 Å². The molecular formula is C19H32N4O3S. The van der Waals surface area contributed by atoms with Crippen LogP contribution in [0.3, 0.4) is 0 Å². The summed E-state index contributed by atoms with van der Waals surface area (Å²) in [6.45, 7) is 9.10. The van der Waals surface area contributed by atoms with Gasteiger partial charge in [0.1, 0.15) is 0 Å². The molecule has 27 heavy (non-hydrogen) atoms. The van der Waals surface area contributed by atoms with Crippen molar-refractivity contribution in [3.05, 3.63) is 29.8 Å². The van der Waals surface area contributed by atoms with Crippen molar-refractivity contribution in [2.24, 2.45) is 4.99 Å². The van der Waals surface area contributed by atoms with Gasteiger partial charge in [0, 0.05) is 33.3 Å². The third kappa shape index (κ3) is 6.19. The van der Waals surface area contributed by atoms with Crippen LogP contribution in [0.1, 0.15) is 39.2 Å². The molecule has 0 unspecified atom stereocenters. The number of hydrogen-bond donors (Lipinski definition) is 2. The number of benzene rings is 1. The maximum Gasteiger partial charge on any atom is 0.243 e. The molecule has 1 aliphatic heterocycles. The molecule has 0 aromatic heterocycles. The van der Waals surface area contributed by atoms with Crippen molar-refractivity contribution in [2.45, 2.75) is 50.7 Å². The summed E-state index contributed by atoms with van der Waals surface area (Å²) in [5.74, 6) is 0.705. The topological polar surface area (TPSA) is 83.0 Å². The highest BCUT2D eigenvalue weighted by molar-refractivity contribution is 7.89. The summed E-state index contributed by atoms with van der Waals surface area (Å²) in [6.07, 6.45) is 1.87. The number of guanidine groups is 1. The summed E-state index contributed by atoms with van der Waals surface area (Å²) in [5.41, 5.74) is 0.667. The Hall–Kier alpha value is -1.64. The average Bonchev–Trinajstić information content (AvgIpc) is 3.20. The van der Waals surface area contributed by atoms with Crippen LogP contribution in [-0.4, -0.2) is 57.6 Å². The lowest BCUT2D eigenvalue weighted by Crippen LogP contribution is -2.45. The number of methoxy groups -OCH3 is 1. The second-order valence-electron chi connectivity index (χ2n) is 7.27. The van der Waals surface area contributed by atoms with Crippen LogP contribution in [0.5, 0.6) is 0 Å². The largest absolute Gasteiger partial charge is 0.377 e. The Bertz CT molecular complexity index is 724. The van der Waals surface area contributed by atoms with E-state index in [9.17, 15) is 8.42 Å². The lowest BCUT2D eigenvalue weighted by molar-refractivity contribution is 0.0268. The minimum atomic E-state index is -3.36. The smallest absolute Gasteiger partial charge is 0.243 e. The SMILES string of the molecule is CCNC(=NCc1ccc(S(=O)(=O)N2CCCC2)cc1)NCC(C)(C)OC. The molecule has 8 heteroatoms. The summed E-state index contributed by atoms with van der Waals surface area (Å²) < 4.78 is 32.1. The van der Waals surface area contributed by atoms with Gasteiger partial charge >= 0.3 is 0 Å². The maximum atomic E-state index is 12.6. The number of rotatable bonds is 8. The second kappa shape index (κ2) is 9.52. The molecule has 152 valence electrons. The van der Waals surface area contributed by atoms with Gasteiger partial charge in [-0.25, -0.2) is 13.4 Å². The van der Waals surface area contributed by atoms with E-state index in [1.165, 1.54) is 0 Å². The second-order valence-corrected chi connectivity index (χ2v) is 9.21. The van der Waals surface area contributed by atoms with Crippen molar-refractivity contribution in [3.8, 4) is 0 Å². The van der Waals surface area contributed by atoms with Crippen molar-refractivity contribution >= 4 is 16.0 Å². The van der Waals surface area contributed by atoms with Crippen molar-refractivity contribution in [1.29, 1.82) is 0 Å². The van der Waals surface area contributed by atoms with Crippen LogP contribution in [0.4, 0.5) is 0 Å². The van der Waals surface area contributed by atoms with Crippen molar-refractivity contribution < 1.29 is 13.2 Å². The molecule has 0 atom stereocenters. The highest BCUT2D eigenvalue weighted by Gasteiger charge is 2.26. The molecule has 2 rings (SSSR count). The molecule has 1 aromatic rings. The standard InChI is InChI=1S/C19H32N4O3S/c1-5-20-18(22-15-19(2,3)26-4)21-14-16-8-10-17(11-9-16)27(24,25)23-12-6-7-13-23/h8-11H,5-7,12-15H2,1-4H3,(H2,20,21,22). The fourth-order valence-electron chi connectivity index (χ4n) is 2.73. The quantitative estimate of drug-likeness (QED) is 0.518. The molecule has 0 saturated carbocycles. The van der Waals surface area contributed by atoms with Crippen LogP contribution in [0.25, 0.3) is 0 Å². The summed E-state index contributed by atoms with van der Waals surface area (Å²) in [5, 5.41) is 6.47. The van der Waals surface area contributed by atoms with Gasteiger partial charge in [0.15, 0.2) is 5.96 Å². The molecule has 0 amide bonds. The van der Waals surface area contributed by atoms with Crippen LogP contribution in [0.15, 0.2) is 34.2 Å². The van der Waals surface area contributed by atoms with Gasteiger partial charge in [0.25, 0.3) is 0 Å². The predicted molar refractivity (Wildman–Crippen MR) is 108 cm³/mol. The number of ether oxygens (including phenoxy) is 1. The predicted octanol–water partition coefficient (Wildman–Crippen LogP) is 1.95. The van der Waals surface area contributed by atoms with Gasteiger partial charge in [0.2, 0.25) is 10.0 Å². The zero-order chi connectivity index (χ0) is 19.9. The van der Waals surface area contributed by atoms with E-state index in [1.807, 2.05) is 32.9 Å². The van der Waals surface area contributed by atoms with Crippen molar-refractivity contribution in [3.63, 3.8) is 0 Å². The molecule has 2 N–H and O–H groups in total. The van der Waals surface area contributed by atoms with Gasteiger partial charge < -0.3 is 15.4 Å². The Morgan fingerprint density at radius 1 is 1.19 bits per heavy atom. The summed E-state index contributed by atoms with van der Waals surface area (Å²) in [6, 6.07) is 7.00. The Kier molecular flexibility index (Phi) is 7.64. The van der Waals surface area contributed by atoms with Crippen LogP contribution in [-0.2, 0) is 21.3 Å². The first kappa shape index (κ1) is 21.7. The molecule has 1 aliphatic rings. The first-order valence-electron chi connectivity index (χ1n) is 9.45. The van der Waals surface area contributed by atoms with E-state index in [0.717, 1.165) is 24.9 Å². The lowest BCUT2D eigenvalue weighted by Gasteiger charge is -2.24. The third-order valence-electron chi connectivity index (χ3n) is 4.62. The van der Waals surface area contributed by atoms with E-state index in [1.54, 1.807) is 23.5 Å². The monoisotopic (exact) mass is 396 g/mol. The van der Waals surface area contributed by atoms with Crippen LogP contribution in [0.2, 0.25) is 0 Å². The molecule has 1 heterocycles. The van der Waals surface area contributed by atoms with E-state index in [0.29, 0.717) is 37.0 Å². The van der Waals surface area contributed by atoms with Gasteiger partial charge in [0.05, 0.1) is 17.0 Å². The minimum absolute atomic E-state index is 0.290. The number of hydrogen-bond acceptors (Lipinski definition) is 4. The van der Waals surface area contributed by atoms with E-state index in [2.05, 4.69) is 15.6 Å². The molecule has 1 saturated heterocycles. The number of nitrogens with zero attached hydrogens (tertiary/aromatic N) is 2. The maximum absolute atomic E-state index is 12.6. The molecule has 0 radical (unpaired) electrons.